The van der Waals surface area contributed by atoms with Gasteiger partial charge in [-0.15, -0.1) is 0 Å². The van der Waals surface area contributed by atoms with Gasteiger partial charge in [-0.05, 0) is 12.1 Å². The molecule has 0 saturated carbocycles. The smallest absolute Gasteiger partial charge is 0.311 e. The zero-order valence-corrected chi connectivity index (χ0v) is 10.5. The van der Waals surface area contributed by atoms with Crippen molar-refractivity contribution < 1.29 is 24.2 Å². The number of carbonyl (C=O) groups is 2. The number of carbonyl (C=O) groups excluding carboxylic acids is 1. The van der Waals surface area contributed by atoms with Gasteiger partial charge in [0.25, 0.3) is 0 Å². The second-order valence-electron chi connectivity index (χ2n) is 3.97. The summed E-state index contributed by atoms with van der Waals surface area (Å²) in [4.78, 5) is 25.1. The maximum absolute atomic E-state index is 11.7. The lowest BCUT2D eigenvalue weighted by Gasteiger charge is -2.06. The highest BCUT2D eigenvalue weighted by Crippen LogP contribution is 2.32. The van der Waals surface area contributed by atoms with Crippen LogP contribution < -0.4 is 9.47 Å². The summed E-state index contributed by atoms with van der Waals surface area (Å²) in [7, 11) is 3.04. The van der Waals surface area contributed by atoms with Gasteiger partial charge in [0, 0.05) is 17.0 Å². The third kappa shape index (κ3) is 2.52. The van der Waals surface area contributed by atoms with Gasteiger partial charge in [-0.3, -0.25) is 9.59 Å². The minimum Gasteiger partial charge on any atom is -0.493 e. The van der Waals surface area contributed by atoms with Gasteiger partial charge >= 0.3 is 5.97 Å². The minimum atomic E-state index is -1.15. The Morgan fingerprint density at radius 1 is 1.16 bits per heavy atom. The largest absolute Gasteiger partial charge is 0.493 e. The van der Waals surface area contributed by atoms with Crippen molar-refractivity contribution in [1.29, 1.82) is 0 Å². The summed E-state index contributed by atoms with van der Waals surface area (Å²) in [6.07, 6.45) is -0.541. The lowest BCUT2D eigenvalue weighted by Crippen LogP contribution is -2.06. The maximum Gasteiger partial charge on any atom is 0.311 e. The molecule has 19 heavy (non-hydrogen) atoms. The van der Waals surface area contributed by atoms with E-state index in [1.54, 1.807) is 18.2 Å². The van der Waals surface area contributed by atoms with E-state index < -0.39 is 18.2 Å². The van der Waals surface area contributed by atoms with Crippen molar-refractivity contribution in [1.82, 2.24) is 4.98 Å². The topological polar surface area (TPSA) is 88.6 Å². The lowest BCUT2D eigenvalue weighted by molar-refractivity contribution is -0.135. The molecule has 6 heteroatoms. The van der Waals surface area contributed by atoms with Gasteiger partial charge in [0.05, 0.1) is 19.9 Å². The van der Waals surface area contributed by atoms with Crippen molar-refractivity contribution >= 4 is 22.7 Å². The van der Waals surface area contributed by atoms with Gasteiger partial charge in [0.2, 0.25) is 0 Å². The molecule has 2 rings (SSSR count). The molecule has 0 aliphatic carbocycles. The van der Waals surface area contributed by atoms with Crippen LogP contribution in [0.15, 0.2) is 18.2 Å². The van der Waals surface area contributed by atoms with E-state index in [0.717, 1.165) is 5.39 Å². The van der Waals surface area contributed by atoms with Crippen LogP contribution in [-0.4, -0.2) is 36.1 Å². The predicted octanol–water partition coefficient (Wildman–Crippen LogP) is 1.84. The second-order valence-corrected chi connectivity index (χ2v) is 3.97. The minimum absolute atomic E-state index is 0.257. The third-order valence-corrected chi connectivity index (χ3v) is 2.74. The van der Waals surface area contributed by atoms with Crippen LogP contribution in [0, 0.1) is 0 Å². The first kappa shape index (κ1) is 12.9. The quantitative estimate of drug-likeness (QED) is 0.634. The van der Waals surface area contributed by atoms with Crippen molar-refractivity contribution in [2.75, 3.05) is 14.2 Å². The SMILES string of the molecule is COc1cc2cc(C(=O)CC(=O)O)[nH]c2cc1OC. The molecule has 0 spiro atoms. The number of aromatic amines is 1. The number of methoxy groups -OCH3 is 2. The number of nitrogens with one attached hydrogen (secondary N) is 1. The number of rotatable bonds is 5. The number of Topliss-reactive ketones (excluding diaryl/α,β-unsaturated/α-hetero) is 1. The highest BCUT2D eigenvalue weighted by molar-refractivity contribution is 6.07. The maximum atomic E-state index is 11.7. The summed E-state index contributed by atoms with van der Waals surface area (Å²) in [5.41, 5.74) is 0.944. The van der Waals surface area contributed by atoms with Crippen molar-refractivity contribution in [3.8, 4) is 11.5 Å². The molecule has 0 saturated heterocycles. The fourth-order valence-corrected chi connectivity index (χ4v) is 1.84. The Balaban J connectivity index is 2.45. The van der Waals surface area contributed by atoms with Gasteiger partial charge in [0.15, 0.2) is 17.3 Å². The Bertz CT molecular complexity index is 603. The fourth-order valence-electron chi connectivity index (χ4n) is 1.84. The number of benzene rings is 1. The van der Waals surface area contributed by atoms with E-state index in [1.807, 2.05) is 0 Å². The standard InChI is InChI=1S/C13H13NO5/c1-18-11-4-7-3-9(10(15)6-13(16)17)14-8(7)5-12(11)19-2/h3-5,14H,6H2,1-2H3,(H,16,17). The Morgan fingerprint density at radius 3 is 2.37 bits per heavy atom. The number of fused-ring (bicyclic) bond motifs is 1. The summed E-state index contributed by atoms with van der Waals surface area (Å²) >= 11 is 0. The van der Waals surface area contributed by atoms with Crippen molar-refractivity contribution in [3.05, 3.63) is 23.9 Å². The van der Waals surface area contributed by atoms with E-state index in [0.29, 0.717) is 17.0 Å². The van der Waals surface area contributed by atoms with E-state index in [2.05, 4.69) is 4.98 Å². The molecule has 0 amide bonds. The Hall–Kier alpha value is -2.50. The number of aliphatic carboxylic acids is 1. The highest BCUT2D eigenvalue weighted by Gasteiger charge is 2.15. The van der Waals surface area contributed by atoms with Crippen LogP contribution in [0.4, 0.5) is 0 Å². The molecule has 0 aliphatic rings. The molecule has 6 nitrogen and oxygen atoms in total. The molecular weight excluding hydrogens is 250 g/mol. The number of ether oxygens (including phenoxy) is 2. The fraction of sp³-hybridized carbons (Fsp3) is 0.231. The van der Waals surface area contributed by atoms with E-state index >= 15 is 0 Å². The first-order valence-electron chi connectivity index (χ1n) is 5.55. The average molecular weight is 263 g/mol. The Morgan fingerprint density at radius 2 is 1.79 bits per heavy atom. The predicted molar refractivity (Wildman–Crippen MR) is 68.0 cm³/mol. The first-order valence-corrected chi connectivity index (χ1v) is 5.55. The van der Waals surface area contributed by atoms with Gasteiger partial charge in [-0.1, -0.05) is 0 Å². The number of H-pyrrole nitrogens is 1. The van der Waals surface area contributed by atoms with Crippen molar-refractivity contribution in [2.45, 2.75) is 6.42 Å². The molecule has 0 bridgehead atoms. The number of ketones is 1. The molecule has 1 aromatic carbocycles. The van der Waals surface area contributed by atoms with Gasteiger partial charge in [-0.2, -0.15) is 0 Å². The first-order chi connectivity index (χ1) is 9.05. The van der Waals surface area contributed by atoms with E-state index in [9.17, 15) is 9.59 Å². The Labute approximate surface area is 108 Å². The van der Waals surface area contributed by atoms with Gasteiger partial charge in [0.1, 0.15) is 6.42 Å². The average Bonchev–Trinajstić information content (AvgIpc) is 2.78. The molecule has 0 fully saturated rings. The summed E-state index contributed by atoms with van der Waals surface area (Å²) in [6.45, 7) is 0. The molecule has 0 unspecified atom stereocenters. The van der Waals surface area contributed by atoms with Crippen LogP contribution in [-0.2, 0) is 4.79 Å². The second kappa shape index (κ2) is 5.01. The summed E-state index contributed by atoms with van der Waals surface area (Å²) in [5.74, 6) is -0.541. The summed E-state index contributed by atoms with van der Waals surface area (Å²) in [5, 5.41) is 9.37. The van der Waals surface area contributed by atoms with Crippen molar-refractivity contribution in [3.63, 3.8) is 0 Å². The van der Waals surface area contributed by atoms with Crippen LogP contribution in [0.2, 0.25) is 0 Å². The zero-order chi connectivity index (χ0) is 14.0. The molecular formula is C13H13NO5. The molecule has 100 valence electrons. The molecule has 1 aromatic heterocycles. The third-order valence-electron chi connectivity index (χ3n) is 2.74. The van der Waals surface area contributed by atoms with Crippen LogP contribution in [0.5, 0.6) is 11.5 Å². The number of hydrogen-bond acceptors (Lipinski definition) is 4. The molecule has 2 aromatic rings. The molecule has 2 N–H and O–H groups in total. The number of carboxylic acid groups (broad SMARTS) is 1. The van der Waals surface area contributed by atoms with Crippen LogP contribution in [0.1, 0.15) is 16.9 Å². The lowest BCUT2D eigenvalue weighted by atomic mass is 10.2. The van der Waals surface area contributed by atoms with E-state index in [1.165, 1.54) is 14.2 Å². The van der Waals surface area contributed by atoms with Crippen LogP contribution >= 0.6 is 0 Å². The van der Waals surface area contributed by atoms with Crippen molar-refractivity contribution in [2.24, 2.45) is 0 Å². The molecule has 0 atom stereocenters. The van der Waals surface area contributed by atoms with Gasteiger partial charge < -0.3 is 19.6 Å². The molecule has 0 radical (unpaired) electrons. The molecule has 0 aliphatic heterocycles. The summed E-state index contributed by atoms with van der Waals surface area (Å²) < 4.78 is 10.3. The number of aromatic nitrogens is 1. The van der Waals surface area contributed by atoms with E-state index in [4.69, 9.17) is 14.6 Å². The number of hydrogen-bond donors (Lipinski definition) is 2. The van der Waals surface area contributed by atoms with Gasteiger partial charge in [-0.25, -0.2) is 0 Å². The molecule has 1 heterocycles. The normalized spacial score (nSPS) is 10.4. The summed E-state index contributed by atoms with van der Waals surface area (Å²) in [6, 6.07) is 5.02. The zero-order valence-electron chi connectivity index (χ0n) is 10.5. The highest BCUT2D eigenvalue weighted by atomic mass is 16.5. The van der Waals surface area contributed by atoms with E-state index in [-0.39, 0.29) is 5.69 Å². The monoisotopic (exact) mass is 263 g/mol. The van der Waals surface area contributed by atoms with Crippen LogP contribution in [0.3, 0.4) is 0 Å². The number of carboxylic acids is 1. The Kier molecular flexibility index (Phi) is 3.41. The van der Waals surface area contributed by atoms with Crippen LogP contribution in [0.25, 0.3) is 10.9 Å².